The summed E-state index contributed by atoms with van der Waals surface area (Å²) in [6.45, 7) is 1.87. The lowest BCUT2D eigenvalue weighted by atomic mass is 9.75. The number of esters is 1. The van der Waals surface area contributed by atoms with Crippen molar-refractivity contribution in [2.75, 3.05) is 13.4 Å². The van der Waals surface area contributed by atoms with E-state index in [1.165, 1.54) is 7.11 Å². The number of nitrogens with one attached hydrogen (secondary N) is 1. The molecule has 24 heavy (non-hydrogen) atoms. The Labute approximate surface area is 146 Å². The lowest BCUT2D eigenvalue weighted by Crippen LogP contribution is -2.34. The normalized spacial score (nSPS) is 20.6. The highest BCUT2D eigenvalue weighted by molar-refractivity contribution is 7.98. The molecule has 0 amide bonds. The Morgan fingerprint density at radius 2 is 1.96 bits per heavy atom. The number of thioether (sulfide) groups is 1. The van der Waals surface area contributed by atoms with Gasteiger partial charge in [-0.25, -0.2) is 4.79 Å². The lowest BCUT2D eigenvalue weighted by molar-refractivity contribution is -0.136. The Hall–Kier alpha value is -2.01. The molecule has 1 unspecified atom stereocenters. The zero-order valence-electron chi connectivity index (χ0n) is 14.1. The van der Waals surface area contributed by atoms with Crippen LogP contribution in [0.15, 0.2) is 51.7 Å². The molecule has 1 aromatic rings. The minimum absolute atomic E-state index is 0.122. The van der Waals surface area contributed by atoms with E-state index in [1.807, 2.05) is 37.4 Å². The number of rotatable bonds is 3. The Bertz CT molecular complexity index is 746. The van der Waals surface area contributed by atoms with Crippen molar-refractivity contribution in [1.82, 2.24) is 5.32 Å². The molecule has 1 aliphatic heterocycles. The maximum Gasteiger partial charge on any atom is 0.336 e. The molecule has 1 N–H and O–H groups in total. The van der Waals surface area contributed by atoms with Crippen molar-refractivity contribution in [2.45, 2.75) is 37.0 Å². The molecule has 0 bridgehead atoms. The van der Waals surface area contributed by atoms with E-state index in [1.54, 1.807) is 11.8 Å². The second-order valence-corrected chi connectivity index (χ2v) is 6.91. The van der Waals surface area contributed by atoms with Gasteiger partial charge < -0.3 is 10.1 Å². The first-order chi connectivity index (χ1) is 11.6. The summed E-state index contributed by atoms with van der Waals surface area (Å²) in [4.78, 5) is 26.2. The van der Waals surface area contributed by atoms with Crippen LogP contribution in [-0.4, -0.2) is 25.1 Å². The standard InChI is InChI=1S/C19H21NO3S/c1-11-16(19(22)23-2)17(12-7-9-13(24-3)10-8-12)18-14(20-11)5-4-6-15(18)21/h7-10,17,20H,4-6H2,1-3H3. The summed E-state index contributed by atoms with van der Waals surface area (Å²) in [5.74, 6) is -0.613. The minimum atomic E-state index is -0.385. The van der Waals surface area contributed by atoms with E-state index >= 15 is 0 Å². The average molecular weight is 343 g/mol. The molecule has 0 spiro atoms. The van der Waals surface area contributed by atoms with Crippen molar-refractivity contribution in [3.05, 3.63) is 52.4 Å². The van der Waals surface area contributed by atoms with Gasteiger partial charge in [-0.3, -0.25) is 4.79 Å². The first kappa shape index (κ1) is 16.8. The maximum absolute atomic E-state index is 12.6. The first-order valence-electron chi connectivity index (χ1n) is 8.03. The number of allylic oxidation sites excluding steroid dienone is 3. The zero-order valence-corrected chi connectivity index (χ0v) is 15.0. The van der Waals surface area contributed by atoms with Gasteiger partial charge in [-0.1, -0.05) is 12.1 Å². The van der Waals surface area contributed by atoms with Crippen LogP contribution in [0, 0.1) is 0 Å². The molecule has 126 valence electrons. The SMILES string of the molecule is COC(=O)C1=C(C)NC2=C(C(=O)CCC2)C1c1ccc(SC)cc1. The largest absolute Gasteiger partial charge is 0.466 e. The molecule has 4 nitrogen and oxygen atoms in total. The summed E-state index contributed by atoms with van der Waals surface area (Å²) in [5, 5.41) is 3.27. The predicted octanol–water partition coefficient (Wildman–Crippen LogP) is 3.55. The zero-order chi connectivity index (χ0) is 17.3. The van der Waals surface area contributed by atoms with Crippen molar-refractivity contribution in [2.24, 2.45) is 0 Å². The molecule has 0 saturated heterocycles. The fraction of sp³-hybridized carbons (Fsp3) is 0.368. The second kappa shape index (κ2) is 6.85. The highest BCUT2D eigenvalue weighted by atomic mass is 32.2. The summed E-state index contributed by atoms with van der Waals surface area (Å²) in [5.41, 5.74) is 3.94. The van der Waals surface area contributed by atoms with Crippen LogP contribution in [0.3, 0.4) is 0 Å². The highest BCUT2D eigenvalue weighted by Crippen LogP contribution is 2.42. The van der Waals surface area contributed by atoms with Crippen LogP contribution in [0.5, 0.6) is 0 Å². The number of hydrogen-bond acceptors (Lipinski definition) is 5. The molecule has 0 saturated carbocycles. The van der Waals surface area contributed by atoms with Gasteiger partial charge in [-0.2, -0.15) is 0 Å². The summed E-state index contributed by atoms with van der Waals surface area (Å²) in [7, 11) is 1.38. The van der Waals surface area contributed by atoms with Gasteiger partial charge in [0.15, 0.2) is 5.78 Å². The predicted molar refractivity (Wildman–Crippen MR) is 94.7 cm³/mol. The van der Waals surface area contributed by atoms with Crippen molar-refractivity contribution < 1.29 is 14.3 Å². The summed E-state index contributed by atoms with van der Waals surface area (Å²) in [6.07, 6.45) is 4.25. The molecule has 0 radical (unpaired) electrons. The number of dihydropyridines is 1. The third-order valence-corrected chi connectivity index (χ3v) is 5.37. The molecule has 1 aliphatic carbocycles. The van der Waals surface area contributed by atoms with Crippen molar-refractivity contribution in [3.63, 3.8) is 0 Å². The van der Waals surface area contributed by atoms with E-state index in [0.29, 0.717) is 12.0 Å². The molecule has 3 rings (SSSR count). The monoisotopic (exact) mass is 343 g/mol. The fourth-order valence-corrected chi connectivity index (χ4v) is 3.90. The van der Waals surface area contributed by atoms with Gasteiger partial charge in [-0.05, 0) is 43.7 Å². The Morgan fingerprint density at radius 1 is 1.25 bits per heavy atom. The van der Waals surface area contributed by atoms with Gasteiger partial charge >= 0.3 is 5.97 Å². The molecular weight excluding hydrogens is 322 g/mol. The number of Topliss-reactive ketones (excluding diaryl/α,β-unsaturated/α-hetero) is 1. The quantitative estimate of drug-likeness (QED) is 0.672. The second-order valence-electron chi connectivity index (χ2n) is 6.03. The molecule has 2 aliphatic rings. The van der Waals surface area contributed by atoms with Gasteiger partial charge in [0.1, 0.15) is 0 Å². The van der Waals surface area contributed by atoms with Crippen molar-refractivity contribution >= 4 is 23.5 Å². The average Bonchev–Trinajstić information content (AvgIpc) is 2.60. The number of methoxy groups -OCH3 is 1. The molecular formula is C19H21NO3S. The Kier molecular flexibility index (Phi) is 4.81. The van der Waals surface area contributed by atoms with Crippen molar-refractivity contribution in [1.29, 1.82) is 0 Å². The van der Waals surface area contributed by atoms with Crippen LogP contribution in [0.4, 0.5) is 0 Å². The van der Waals surface area contributed by atoms with Crippen LogP contribution < -0.4 is 5.32 Å². The fourth-order valence-electron chi connectivity index (χ4n) is 3.49. The van der Waals surface area contributed by atoms with E-state index in [-0.39, 0.29) is 17.7 Å². The summed E-state index contributed by atoms with van der Waals surface area (Å²) < 4.78 is 5.00. The van der Waals surface area contributed by atoms with E-state index in [9.17, 15) is 9.59 Å². The maximum atomic E-state index is 12.6. The number of ether oxygens (including phenoxy) is 1. The molecule has 5 heteroatoms. The third-order valence-electron chi connectivity index (χ3n) is 4.63. The number of ketones is 1. The van der Waals surface area contributed by atoms with Gasteiger partial charge in [0, 0.05) is 34.2 Å². The van der Waals surface area contributed by atoms with E-state index in [0.717, 1.165) is 40.3 Å². The molecule has 1 heterocycles. The number of benzene rings is 1. The molecule has 1 aromatic carbocycles. The lowest BCUT2D eigenvalue weighted by Gasteiger charge is -2.34. The van der Waals surface area contributed by atoms with Crippen LogP contribution in [0.1, 0.15) is 37.7 Å². The Balaban J connectivity index is 2.15. The van der Waals surface area contributed by atoms with E-state index in [4.69, 9.17) is 4.74 Å². The van der Waals surface area contributed by atoms with Gasteiger partial charge in [-0.15, -0.1) is 11.8 Å². The van der Waals surface area contributed by atoms with Crippen molar-refractivity contribution in [3.8, 4) is 0 Å². The Morgan fingerprint density at radius 3 is 2.58 bits per heavy atom. The van der Waals surface area contributed by atoms with Crippen LogP contribution in [0.2, 0.25) is 0 Å². The summed E-state index contributed by atoms with van der Waals surface area (Å²) >= 11 is 1.66. The molecule has 1 atom stereocenters. The van der Waals surface area contributed by atoms with Crippen LogP contribution in [-0.2, 0) is 14.3 Å². The molecule has 0 fully saturated rings. The van der Waals surface area contributed by atoms with Gasteiger partial charge in [0.2, 0.25) is 0 Å². The van der Waals surface area contributed by atoms with Gasteiger partial charge in [0.05, 0.1) is 12.7 Å². The summed E-state index contributed by atoms with van der Waals surface area (Å²) in [6, 6.07) is 8.06. The highest BCUT2D eigenvalue weighted by Gasteiger charge is 2.38. The number of hydrogen-bond donors (Lipinski definition) is 1. The third kappa shape index (κ3) is 2.88. The number of carbonyl (C=O) groups excluding carboxylic acids is 2. The minimum Gasteiger partial charge on any atom is -0.466 e. The first-order valence-corrected chi connectivity index (χ1v) is 9.25. The smallest absolute Gasteiger partial charge is 0.336 e. The number of carbonyl (C=O) groups is 2. The topological polar surface area (TPSA) is 55.4 Å². The van der Waals surface area contributed by atoms with Gasteiger partial charge in [0.25, 0.3) is 0 Å². The van der Waals surface area contributed by atoms with Crippen LogP contribution in [0.25, 0.3) is 0 Å². The van der Waals surface area contributed by atoms with Crippen LogP contribution >= 0.6 is 11.8 Å². The molecule has 0 aromatic heterocycles. The van der Waals surface area contributed by atoms with E-state index in [2.05, 4.69) is 5.32 Å². The van der Waals surface area contributed by atoms with E-state index < -0.39 is 0 Å².